The minimum absolute atomic E-state index is 0.114. The molecule has 2 aliphatic rings. The van der Waals surface area contributed by atoms with E-state index in [0.29, 0.717) is 24.9 Å². The molecule has 6 heteroatoms. The van der Waals surface area contributed by atoms with E-state index in [1.165, 1.54) is 0 Å². The van der Waals surface area contributed by atoms with Crippen molar-refractivity contribution >= 4 is 10.2 Å². The number of hydrogen-bond donors (Lipinski definition) is 2. The van der Waals surface area contributed by atoms with E-state index in [0.717, 1.165) is 38.8 Å². The molecule has 1 saturated carbocycles. The minimum atomic E-state index is -3.30. The molecule has 0 radical (unpaired) electrons. The maximum atomic E-state index is 12.4. The summed E-state index contributed by atoms with van der Waals surface area (Å²) >= 11 is 0. The van der Waals surface area contributed by atoms with Crippen LogP contribution in [0.5, 0.6) is 0 Å². The summed E-state index contributed by atoms with van der Waals surface area (Å²) in [5, 5.41) is 3.27. The quantitative estimate of drug-likeness (QED) is 0.733. The Labute approximate surface area is 117 Å². The molecule has 1 aliphatic carbocycles. The van der Waals surface area contributed by atoms with Crippen LogP contribution in [0.2, 0.25) is 0 Å². The molecule has 2 fully saturated rings. The second kappa shape index (κ2) is 6.52. The molecule has 19 heavy (non-hydrogen) atoms. The standard InChI is InChI=1S/C13H27N3O2S/c1-3-14-10-13-6-4-5-7-16(13)19(17,18)15-9-12-8-11(12)2/h11-15H,3-10H2,1-2H3. The highest BCUT2D eigenvalue weighted by molar-refractivity contribution is 7.87. The van der Waals surface area contributed by atoms with Gasteiger partial charge in [0.2, 0.25) is 0 Å². The molecule has 0 aromatic carbocycles. The summed E-state index contributed by atoms with van der Waals surface area (Å²) in [5.74, 6) is 1.23. The molecule has 5 nitrogen and oxygen atoms in total. The summed E-state index contributed by atoms with van der Waals surface area (Å²) in [6.45, 7) is 7.14. The van der Waals surface area contributed by atoms with Crippen molar-refractivity contribution in [1.29, 1.82) is 0 Å². The number of piperidine rings is 1. The molecular formula is C13H27N3O2S. The fourth-order valence-corrected chi connectivity index (χ4v) is 4.32. The highest BCUT2D eigenvalue weighted by Crippen LogP contribution is 2.37. The van der Waals surface area contributed by atoms with Crippen LogP contribution < -0.4 is 10.0 Å². The number of nitrogens with one attached hydrogen (secondary N) is 2. The van der Waals surface area contributed by atoms with Crippen LogP contribution in [0.3, 0.4) is 0 Å². The van der Waals surface area contributed by atoms with Crippen LogP contribution in [0.15, 0.2) is 0 Å². The third kappa shape index (κ3) is 4.15. The molecule has 0 bridgehead atoms. The Balaban J connectivity index is 1.90. The lowest BCUT2D eigenvalue weighted by atomic mass is 10.1. The molecule has 2 rings (SSSR count). The number of rotatable bonds is 7. The number of nitrogens with zero attached hydrogens (tertiary/aromatic N) is 1. The van der Waals surface area contributed by atoms with Crippen molar-refractivity contribution in [2.24, 2.45) is 11.8 Å². The van der Waals surface area contributed by atoms with Gasteiger partial charge in [0.05, 0.1) is 0 Å². The van der Waals surface area contributed by atoms with E-state index in [2.05, 4.69) is 17.0 Å². The molecule has 0 aromatic heterocycles. The summed E-state index contributed by atoms with van der Waals surface area (Å²) in [5.41, 5.74) is 0. The van der Waals surface area contributed by atoms with Gasteiger partial charge in [0.25, 0.3) is 10.2 Å². The second-order valence-electron chi connectivity index (χ2n) is 5.89. The molecular weight excluding hydrogens is 262 g/mol. The van der Waals surface area contributed by atoms with Crippen molar-refractivity contribution in [3.8, 4) is 0 Å². The van der Waals surface area contributed by atoms with Crippen LogP contribution in [0.4, 0.5) is 0 Å². The van der Waals surface area contributed by atoms with E-state index in [9.17, 15) is 8.42 Å². The van der Waals surface area contributed by atoms with Crippen molar-refractivity contribution in [3.05, 3.63) is 0 Å². The Morgan fingerprint density at radius 3 is 2.63 bits per heavy atom. The topological polar surface area (TPSA) is 61.4 Å². The van der Waals surface area contributed by atoms with Crippen molar-refractivity contribution < 1.29 is 8.42 Å². The number of likely N-dealkylation sites (N-methyl/N-ethyl adjacent to an activating group) is 1. The van der Waals surface area contributed by atoms with Crippen LogP contribution >= 0.6 is 0 Å². The lowest BCUT2D eigenvalue weighted by Gasteiger charge is -2.34. The summed E-state index contributed by atoms with van der Waals surface area (Å²) < 4.78 is 29.2. The van der Waals surface area contributed by atoms with Gasteiger partial charge in [-0.2, -0.15) is 12.7 Å². The van der Waals surface area contributed by atoms with Gasteiger partial charge in [-0.1, -0.05) is 20.3 Å². The van der Waals surface area contributed by atoms with E-state index in [4.69, 9.17) is 0 Å². The Morgan fingerprint density at radius 1 is 1.26 bits per heavy atom. The lowest BCUT2D eigenvalue weighted by molar-refractivity contribution is 0.243. The highest BCUT2D eigenvalue weighted by atomic mass is 32.2. The average Bonchev–Trinajstić information content (AvgIpc) is 3.10. The Hall–Kier alpha value is -0.170. The highest BCUT2D eigenvalue weighted by Gasteiger charge is 2.36. The molecule has 3 atom stereocenters. The normalized spacial score (nSPS) is 32.4. The zero-order chi connectivity index (χ0) is 13.9. The Morgan fingerprint density at radius 2 is 2.00 bits per heavy atom. The molecule has 0 spiro atoms. The predicted molar refractivity (Wildman–Crippen MR) is 77.1 cm³/mol. The van der Waals surface area contributed by atoms with E-state index in [-0.39, 0.29) is 6.04 Å². The first kappa shape index (κ1) is 15.2. The van der Waals surface area contributed by atoms with Crippen molar-refractivity contribution in [3.63, 3.8) is 0 Å². The monoisotopic (exact) mass is 289 g/mol. The second-order valence-corrected chi connectivity index (χ2v) is 7.60. The van der Waals surface area contributed by atoms with Crippen molar-refractivity contribution in [2.75, 3.05) is 26.2 Å². The molecule has 1 saturated heterocycles. The fraction of sp³-hybridized carbons (Fsp3) is 1.00. The molecule has 1 aliphatic heterocycles. The Bertz CT molecular complexity index is 385. The van der Waals surface area contributed by atoms with Crippen molar-refractivity contribution in [2.45, 2.75) is 45.6 Å². The van der Waals surface area contributed by atoms with Gasteiger partial charge >= 0.3 is 0 Å². The maximum absolute atomic E-state index is 12.4. The van der Waals surface area contributed by atoms with Gasteiger partial charge in [-0.3, -0.25) is 0 Å². The molecule has 112 valence electrons. The molecule has 0 aromatic rings. The minimum Gasteiger partial charge on any atom is -0.315 e. The average molecular weight is 289 g/mol. The van der Waals surface area contributed by atoms with Crippen LogP contribution in [-0.2, 0) is 10.2 Å². The smallest absolute Gasteiger partial charge is 0.279 e. The van der Waals surface area contributed by atoms with Gasteiger partial charge in [0.1, 0.15) is 0 Å². The van der Waals surface area contributed by atoms with Gasteiger partial charge in [0, 0.05) is 25.7 Å². The lowest BCUT2D eigenvalue weighted by Crippen LogP contribution is -2.52. The van der Waals surface area contributed by atoms with E-state index in [1.54, 1.807) is 4.31 Å². The van der Waals surface area contributed by atoms with Gasteiger partial charge in [0.15, 0.2) is 0 Å². The van der Waals surface area contributed by atoms with Crippen LogP contribution in [0, 0.1) is 11.8 Å². The largest absolute Gasteiger partial charge is 0.315 e. The molecule has 2 N–H and O–H groups in total. The zero-order valence-electron chi connectivity index (χ0n) is 12.1. The van der Waals surface area contributed by atoms with Crippen LogP contribution in [-0.4, -0.2) is 44.9 Å². The molecule has 3 unspecified atom stereocenters. The third-order valence-electron chi connectivity index (χ3n) is 4.32. The number of hydrogen-bond acceptors (Lipinski definition) is 3. The van der Waals surface area contributed by atoms with Gasteiger partial charge in [-0.05, 0) is 37.6 Å². The van der Waals surface area contributed by atoms with E-state index < -0.39 is 10.2 Å². The van der Waals surface area contributed by atoms with Crippen LogP contribution in [0.1, 0.15) is 39.5 Å². The van der Waals surface area contributed by atoms with Gasteiger partial charge in [-0.25, -0.2) is 4.72 Å². The predicted octanol–water partition coefficient (Wildman–Crippen LogP) is 0.941. The van der Waals surface area contributed by atoms with E-state index >= 15 is 0 Å². The summed E-state index contributed by atoms with van der Waals surface area (Å²) in [7, 11) is -3.30. The maximum Gasteiger partial charge on any atom is 0.279 e. The van der Waals surface area contributed by atoms with Crippen molar-refractivity contribution in [1.82, 2.24) is 14.3 Å². The first-order chi connectivity index (χ1) is 9.04. The summed E-state index contributed by atoms with van der Waals surface area (Å²) in [6, 6.07) is 0.114. The van der Waals surface area contributed by atoms with E-state index in [1.807, 2.05) is 6.92 Å². The summed E-state index contributed by atoms with van der Waals surface area (Å²) in [4.78, 5) is 0. The molecule has 0 amide bonds. The van der Waals surface area contributed by atoms with Crippen LogP contribution in [0.25, 0.3) is 0 Å². The fourth-order valence-electron chi connectivity index (χ4n) is 2.78. The first-order valence-corrected chi connectivity index (χ1v) is 8.95. The first-order valence-electron chi connectivity index (χ1n) is 7.51. The van der Waals surface area contributed by atoms with Gasteiger partial charge < -0.3 is 5.32 Å². The van der Waals surface area contributed by atoms with Gasteiger partial charge in [-0.15, -0.1) is 0 Å². The zero-order valence-corrected chi connectivity index (χ0v) is 12.9. The third-order valence-corrected chi connectivity index (χ3v) is 5.95. The Kier molecular flexibility index (Phi) is 5.22. The SMILES string of the molecule is CCNCC1CCCCN1S(=O)(=O)NCC1CC1C. The summed E-state index contributed by atoms with van der Waals surface area (Å²) in [6.07, 6.45) is 4.22. The molecule has 1 heterocycles.